The van der Waals surface area contributed by atoms with E-state index in [4.69, 9.17) is 0 Å². The van der Waals surface area contributed by atoms with Crippen molar-refractivity contribution in [2.24, 2.45) is 0 Å². The van der Waals surface area contributed by atoms with Gasteiger partial charge in [-0.15, -0.1) is 0 Å². The normalized spacial score (nSPS) is 17.0. The molecule has 0 aromatic heterocycles. The van der Waals surface area contributed by atoms with E-state index >= 15 is 0 Å². The van der Waals surface area contributed by atoms with Crippen molar-refractivity contribution in [3.63, 3.8) is 0 Å². The maximum Gasteiger partial charge on any atom is 0.408 e. The summed E-state index contributed by atoms with van der Waals surface area (Å²) in [5.74, 6) is 0. The van der Waals surface area contributed by atoms with Crippen molar-refractivity contribution in [1.29, 1.82) is 0 Å². The number of hydrogen-bond acceptors (Lipinski definition) is 4. The first-order chi connectivity index (χ1) is 8.35. The van der Waals surface area contributed by atoms with Crippen LogP contribution < -0.4 is 10.6 Å². The Morgan fingerprint density at radius 3 is 1.56 bits per heavy atom. The third-order valence-electron chi connectivity index (χ3n) is 1.93. The lowest BCUT2D eigenvalue weighted by molar-refractivity contribution is 0.356. The van der Waals surface area contributed by atoms with Gasteiger partial charge in [0.25, 0.3) is 0 Å². The summed E-state index contributed by atoms with van der Waals surface area (Å²) in [6.45, 7) is 6.33. The summed E-state index contributed by atoms with van der Waals surface area (Å²) in [4.78, 5) is 19.3. The molecule has 1 rings (SSSR count). The zero-order valence-electron chi connectivity index (χ0n) is 9.30. The van der Waals surface area contributed by atoms with Gasteiger partial charge in [0.15, 0.2) is 0 Å². The van der Waals surface area contributed by atoms with Gasteiger partial charge in [0.05, 0.1) is 23.1 Å². The van der Waals surface area contributed by atoms with E-state index < -0.39 is 15.2 Å². The van der Waals surface area contributed by atoms with E-state index in [-0.39, 0.29) is 10.6 Å². The van der Waals surface area contributed by atoms with E-state index in [9.17, 15) is 18.9 Å². The van der Waals surface area contributed by atoms with Gasteiger partial charge < -0.3 is 18.8 Å². The van der Waals surface area contributed by atoms with Crippen molar-refractivity contribution in [3.05, 3.63) is 49.9 Å². The zero-order chi connectivity index (χ0) is 13.8. The third kappa shape index (κ3) is 3.12. The highest BCUT2D eigenvalue weighted by Gasteiger charge is 2.35. The lowest BCUT2D eigenvalue weighted by Gasteiger charge is -2.17. The fraction of sp³-hybridized carbons (Fsp3) is 0. The predicted octanol–water partition coefficient (Wildman–Crippen LogP) is 1.63. The molecule has 2 atom stereocenters. The van der Waals surface area contributed by atoms with Crippen LogP contribution in [0, 0.1) is 0 Å². The Hall–Kier alpha value is -1.32. The van der Waals surface area contributed by atoms with Gasteiger partial charge in [0, 0.05) is 0 Å². The van der Waals surface area contributed by atoms with Crippen LogP contribution in [-0.4, -0.2) is 9.79 Å². The fourth-order valence-electron chi connectivity index (χ4n) is 1.26. The van der Waals surface area contributed by atoms with E-state index in [2.05, 4.69) is 22.2 Å². The molecule has 0 heterocycles. The van der Waals surface area contributed by atoms with E-state index in [0.717, 1.165) is 12.5 Å². The molecule has 18 heavy (non-hydrogen) atoms. The van der Waals surface area contributed by atoms with Crippen LogP contribution in [0.5, 0.6) is 0 Å². The van der Waals surface area contributed by atoms with Crippen molar-refractivity contribution in [1.82, 2.24) is 0 Å². The van der Waals surface area contributed by atoms with Crippen molar-refractivity contribution >= 4 is 25.8 Å². The molecule has 1 aromatic carbocycles. The molecule has 98 valence electrons. The minimum Gasteiger partial charge on any atom is -0.430 e. The second-order valence-corrected chi connectivity index (χ2v) is 6.54. The van der Waals surface area contributed by atoms with Crippen LogP contribution in [0.25, 0.3) is 0 Å². The molecule has 0 aliphatic heterocycles. The number of benzene rings is 1. The summed E-state index contributed by atoms with van der Waals surface area (Å²) in [6, 6.07) is 5.27. The molecule has 0 fully saturated rings. The van der Waals surface area contributed by atoms with Crippen molar-refractivity contribution in [3.8, 4) is 0 Å². The molecule has 0 radical (unpaired) electrons. The quantitative estimate of drug-likeness (QED) is 0.611. The van der Waals surface area contributed by atoms with Crippen LogP contribution in [0.15, 0.2) is 49.9 Å². The maximum absolute atomic E-state index is 11.8. The summed E-state index contributed by atoms with van der Waals surface area (Å²) < 4.78 is 32.7. The highest BCUT2D eigenvalue weighted by Crippen LogP contribution is 2.47. The topological polar surface area (TPSA) is 93.1 Å². The molecule has 0 saturated carbocycles. The monoisotopic (exact) mass is 290 g/mol. The molecule has 0 aliphatic rings. The molecule has 6 nitrogen and oxygen atoms in total. The van der Waals surface area contributed by atoms with Crippen LogP contribution >= 0.6 is 15.2 Å². The van der Waals surface area contributed by atoms with Crippen LogP contribution in [0.4, 0.5) is 0 Å². The highest BCUT2D eigenvalue weighted by atomic mass is 31.2. The average Bonchev–Trinajstić information content (AvgIpc) is 2.29. The van der Waals surface area contributed by atoms with Gasteiger partial charge in [-0.25, -0.2) is 9.13 Å². The molecule has 2 unspecified atom stereocenters. The summed E-state index contributed by atoms with van der Waals surface area (Å²) in [7, 11) is -8.53. The summed E-state index contributed by atoms with van der Waals surface area (Å²) in [5.41, 5.74) is 0. The van der Waals surface area contributed by atoms with Gasteiger partial charge in [0.2, 0.25) is 0 Å². The van der Waals surface area contributed by atoms with E-state index in [1.165, 1.54) is 24.3 Å². The van der Waals surface area contributed by atoms with Gasteiger partial charge in [-0.1, -0.05) is 25.3 Å². The molecule has 2 N–H and O–H groups in total. The smallest absolute Gasteiger partial charge is 0.408 e. The number of hydrogen-bond donors (Lipinski definition) is 2. The lowest BCUT2D eigenvalue weighted by Crippen LogP contribution is -2.25. The van der Waals surface area contributed by atoms with Crippen LogP contribution in [0.1, 0.15) is 0 Å². The summed E-state index contributed by atoms with van der Waals surface area (Å²) in [6.07, 6.45) is 1.57. The van der Waals surface area contributed by atoms with Gasteiger partial charge in [-0.2, -0.15) is 0 Å². The zero-order valence-corrected chi connectivity index (χ0v) is 11.1. The summed E-state index contributed by atoms with van der Waals surface area (Å²) in [5, 5.41) is -0.643. The Labute approximate surface area is 104 Å². The van der Waals surface area contributed by atoms with E-state index in [1.54, 1.807) is 0 Å². The minimum absolute atomic E-state index is 0.322. The van der Waals surface area contributed by atoms with Crippen LogP contribution in [0.2, 0.25) is 0 Å². The Bertz CT molecular complexity index is 504. The second-order valence-electron chi connectivity index (χ2n) is 3.07. The van der Waals surface area contributed by atoms with Crippen LogP contribution in [0.3, 0.4) is 0 Å². The number of rotatable bonds is 6. The standard InChI is InChI=1S/C10H12O6P2/c1-3-15-17(11,12)9-7-5-6-8-10(9)18(13,14)16-4-2/h3-8H,1-2H2,(H,11,12)(H,13,14). The molecule has 8 heteroatoms. The van der Waals surface area contributed by atoms with Crippen molar-refractivity contribution in [2.75, 3.05) is 0 Å². The van der Waals surface area contributed by atoms with E-state index in [1.807, 2.05) is 0 Å². The van der Waals surface area contributed by atoms with Crippen molar-refractivity contribution in [2.45, 2.75) is 0 Å². The minimum atomic E-state index is -4.27. The SMILES string of the molecule is C=COP(=O)(O)c1ccccc1P(=O)(O)OC=C. The largest absolute Gasteiger partial charge is 0.430 e. The molecular weight excluding hydrogens is 278 g/mol. The molecule has 0 aliphatic carbocycles. The third-order valence-corrected chi connectivity index (χ3v) is 4.97. The first-order valence-electron chi connectivity index (χ1n) is 4.69. The first kappa shape index (κ1) is 14.7. The molecule has 0 spiro atoms. The lowest BCUT2D eigenvalue weighted by atomic mass is 10.4. The van der Waals surface area contributed by atoms with Gasteiger partial charge in [-0.05, 0) is 12.1 Å². The van der Waals surface area contributed by atoms with Gasteiger partial charge in [0.1, 0.15) is 0 Å². The Morgan fingerprint density at radius 2 is 1.28 bits per heavy atom. The maximum atomic E-state index is 11.8. The predicted molar refractivity (Wildman–Crippen MR) is 67.9 cm³/mol. The van der Waals surface area contributed by atoms with E-state index in [0.29, 0.717) is 0 Å². The van der Waals surface area contributed by atoms with Crippen LogP contribution in [-0.2, 0) is 18.2 Å². The molecule has 0 bridgehead atoms. The highest BCUT2D eigenvalue weighted by molar-refractivity contribution is 7.68. The molecular formula is C10H12O6P2. The Balaban J connectivity index is 3.40. The second kappa shape index (κ2) is 5.55. The average molecular weight is 290 g/mol. The molecule has 1 aromatic rings. The first-order valence-corrected chi connectivity index (χ1v) is 7.85. The summed E-state index contributed by atoms with van der Waals surface area (Å²) >= 11 is 0. The van der Waals surface area contributed by atoms with Gasteiger partial charge >= 0.3 is 15.2 Å². The van der Waals surface area contributed by atoms with Crippen molar-refractivity contribution < 1.29 is 28.0 Å². The Morgan fingerprint density at radius 1 is 0.944 bits per heavy atom. The molecule has 0 amide bonds. The molecule has 0 saturated heterocycles. The van der Waals surface area contributed by atoms with Gasteiger partial charge in [-0.3, -0.25) is 0 Å². The Kier molecular flexibility index (Phi) is 4.54. The fourth-order valence-corrected chi connectivity index (χ4v) is 3.92.